The van der Waals surface area contributed by atoms with Crippen molar-refractivity contribution in [3.63, 3.8) is 0 Å². The lowest BCUT2D eigenvalue weighted by Gasteiger charge is -2.20. The summed E-state index contributed by atoms with van der Waals surface area (Å²) in [5, 5.41) is 0. The summed E-state index contributed by atoms with van der Waals surface area (Å²) in [5.41, 5.74) is 1.71. The standard InChI is InChI=1S/C27H26BrFN4O4S/c1-17-10-12-22(15-23(17)26(34)31(3)16-19-14-20(29)11-13-24(19)28)38(36,37)30-25-18(2)32(4)33(27(25)35)21-8-6-5-7-9-21/h5-15,30H,16H2,1-4H3. The van der Waals surface area contributed by atoms with Gasteiger partial charge in [-0.05, 0) is 67.4 Å². The van der Waals surface area contributed by atoms with Crippen molar-refractivity contribution in [2.45, 2.75) is 25.3 Å². The van der Waals surface area contributed by atoms with E-state index in [1.54, 1.807) is 63.0 Å². The van der Waals surface area contributed by atoms with E-state index in [9.17, 15) is 22.4 Å². The van der Waals surface area contributed by atoms with Crippen molar-refractivity contribution in [1.82, 2.24) is 14.3 Å². The lowest BCUT2D eigenvalue weighted by molar-refractivity contribution is 0.0783. The van der Waals surface area contributed by atoms with Crippen LogP contribution in [0.3, 0.4) is 0 Å². The van der Waals surface area contributed by atoms with E-state index in [-0.39, 0.29) is 22.7 Å². The van der Waals surface area contributed by atoms with Crippen molar-refractivity contribution >= 4 is 37.5 Å². The van der Waals surface area contributed by atoms with E-state index in [4.69, 9.17) is 0 Å². The molecule has 0 saturated carbocycles. The lowest BCUT2D eigenvalue weighted by atomic mass is 10.1. The summed E-state index contributed by atoms with van der Waals surface area (Å²) in [6.07, 6.45) is 0. The molecule has 0 aliphatic carbocycles. The van der Waals surface area contributed by atoms with E-state index < -0.39 is 27.3 Å². The van der Waals surface area contributed by atoms with Gasteiger partial charge in [0.2, 0.25) is 0 Å². The number of aromatic nitrogens is 2. The number of nitrogens with one attached hydrogen (secondary N) is 1. The molecule has 0 atom stereocenters. The monoisotopic (exact) mass is 600 g/mol. The molecule has 0 bridgehead atoms. The second kappa shape index (κ2) is 10.6. The fraction of sp³-hybridized carbons (Fsp3) is 0.185. The highest BCUT2D eigenvalue weighted by Crippen LogP contribution is 2.24. The zero-order chi connectivity index (χ0) is 27.8. The minimum Gasteiger partial charge on any atom is -0.337 e. The molecule has 3 aromatic carbocycles. The molecule has 11 heteroatoms. The van der Waals surface area contributed by atoms with Crippen molar-refractivity contribution in [1.29, 1.82) is 0 Å². The summed E-state index contributed by atoms with van der Waals surface area (Å²) in [4.78, 5) is 27.7. The van der Waals surface area contributed by atoms with Crippen LogP contribution >= 0.6 is 15.9 Å². The van der Waals surface area contributed by atoms with Crippen LogP contribution in [0, 0.1) is 19.7 Å². The van der Waals surface area contributed by atoms with Crippen molar-refractivity contribution in [2.75, 3.05) is 11.8 Å². The zero-order valence-corrected chi connectivity index (χ0v) is 23.6. The van der Waals surface area contributed by atoms with Crippen LogP contribution in [0.4, 0.5) is 10.1 Å². The molecule has 0 fully saturated rings. The van der Waals surface area contributed by atoms with Crippen LogP contribution in [0.25, 0.3) is 5.69 Å². The summed E-state index contributed by atoms with van der Waals surface area (Å²) >= 11 is 3.36. The number of halogens is 2. The number of hydrogen-bond donors (Lipinski definition) is 1. The number of sulfonamides is 1. The molecule has 0 unspecified atom stereocenters. The number of amides is 1. The number of carbonyl (C=O) groups excluding carboxylic acids is 1. The van der Waals surface area contributed by atoms with Crippen LogP contribution < -0.4 is 10.3 Å². The Morgan fingerprint density at radius 2 is 1.74 bits per heavy atom. The van der Waals surface area contributed by atoms with Gasteiger partial charge in [-0.1, -0.05) is 40.2 Å². The molecule has 0 aliphatic heterocycles. The number of aryl methyl sites for hydroxylation is 1. The number of hydrogen-bond acceptors (Lipinski definition) is 4. The van der Waals surface area contributed by atoms with E-state index in [0.29, 0.717) is 27.0 Å². The fourth-order valence-electron chi connectivity index (χ4n) is 4.08. The van der Waals surface area contributed by atoms with Gasteiger partial charge in [0.05, 0.1) is 16.3 Å². The quantitative estimate of drug-likeness (QED) is 0.331. The van der Waals surface area contributed by atoms with E-state index >= 15 is 0 Å². The Balaban J connectivity index is 1.65. The first-order valence-corrected chi connectivity index (χ1v) is 13.8. The molecule has 1 amide bonds. The Hall–Kier alpha value is -3.70. The van der Waals surface area contributed by atoms with Crippen LogP contribution in [0.5, 0.6) is 0 Å². The highest BCUT2D eigenvalue weighted by molar-refractivity contribution is 9.10. The minimum atomic E-state index is -4.22. The molecule has 1 aromatic heterocycles. The van der Waals surface area contributed by atoms with Gasteiger partial charge in [0.1, 0.15) is 11.5 Å². The molecule has 1 heterocycles. The largest absolute Gasteiger partial charge is 0.337 e. The highest BCUT2D eigenvalue weighted by Gasteiger charge is 2.25. The summed E-state index contributed by atoms with van der Waals surface area (Å²) in [6, 6.07) is 17.3. The van der Waals surface area contributed by atoms with E-state index in [2.05, 4.69) is 20.7 Å². The number of para-hydroxylation sites is 1. The van der Waals surface area contributed by atoms with Gasteiger partial charge in [0.25, 0.3) is 21.5 Å². The van der Waals surface area contributed by atoms with Gasteiger partial charge in [-0.25, -0.2) is 17.5 Å². The summed E-state index contributed by atoms with van der Waals surface area (Å²) in [5.74, 6) is -0.861. The SMILES string of the molecule is Cc1ccc(S(=O)(=O)Nc2c(C)n(C)n(-c3ccccc3)c2=O)cc1C(=O)N(C)Cc1cc(F)ccc1Br. The smallest absolute Gasteiger partial charge is 0.296 e. The van der Waals surface area contributed by atoms with Gasteiger partial charge in [-0.3, -0.25) is 19.0 Å². The van der Waals surface area contributed by atoms with Gasteiger partial charge in [-0.2, -0.15) is 0 Å². The van der Waals surface area contributed by atoms with Crippen LogP contribution in [-0.4, -0.2) is 35.6 Å². The third kappa shape index (κ3) is 5.30. The van der Waals surface area contributed by atoms with Crippen molar-refractivity contribution in [3.8, 4) is 5.69 Å². The van der Waals surface area contributed by atoms with Crippen LogP contribution in [0.2, 0.25) is 0 Å². The van der Waals surface area contributed by atoms with E-state index in [1.165, 1.54) is 39.9 Å². The second-order valence-corrected chi connectivity index (χ2v) is 11.5. The molecular weight excluding hydrogens is 575 g/mol. The molecule has 4 aromatic rings. The summed E-state index contributed by atoms with van der Waals surface area (Å²) < 4.78 is 46.4. The van der Waals surface area contributed by atoms with Gasteiger partial charge >= 0.3 is 0 Å². The Labute approximate surface area is 228 Å². The Kier molecular flexibility index (Phi) is 7.61. The normalized spacial score (nSPS) is 11.4. The third-order valence-electron chi connectivity index (χ3n) is 6.30. The first kappa shape index (κ1) is 27.3. The number of benzene rings is 3. The third-order valence-corrected chi connectivity index (χ3v) is 8.42. The molecule has 0 spiro atoms. The van der Waals surface area contributed by atoms with E-state index in [0.717, 1.165) is 0 Å². The molecule has 198 valence electrons. The maximum absolute atomic E-state index is 13.7. The number of carbonyl (C=O) groups is 1. The predicted octanol–water partition coefficient (Wildman–Crippen LogP) is 4.77. The molecule has 1 N–H and O–H groups in total. The zero-order valence-electron chi connectivity index (χ0n) is 21.2. The van der Waals surface area contributed by atoms with Crippen LogP contribution in [0.1, 0.15) is 27.2 Å². The fourth-order valence-corrected chi connectivity index (χ4v) is 5.59. The molecule has 0 aliphatic rings. The Bertz CT molecular complexity index is 1700. The average molecular weight is 601 g/mol. The van der Waals surface area contributed by atoms with Gasteiger partial charge < -0.3 is 4.90 Å². The number of anilines is 1. The first-order valence-electron chi connectivity index (χ1n) is 11.6. The van der Waals surface area contributed by atoms with Crippen LogP contribution in [0.15, 0.2) is 80.9 Å². The van der Waals surface area contributed by atoms with Crippen LogP contribution in [-0.2, 0) is 23.6 Å². The minimum absolute atomic E-state index is 0.0853. The van der Waals surface area contributed by atoms with Gasteiger partial charge in [0, 0.05) is 30.7 Å². The van der Waals surface area contributed by atoms with Gasteiger partial charge in [-0.15, -0.1) is 0 Å². The molecule has 4 rings (SSSR count). The predicted molar refractivity (Wildman–Crippen MR) is 148 cm³/mol. The number of rotatable bonds is 7. The van der Waals surface area contributed by atoms with Crippen molar-refractivity contribution in [3.05, 3.63) is 110 Å². The Morgan fingerprint density at radius 3 is 2.42 bits per heavy atom. The van der Waals surface area contributed by atoms with Crippen molar-refractivity contribution < 1.29 is 17.6 Å². The maximum atomic E-state index is 13.7. The second-order valence-electron chi connectivity index (χ2n) is 8.92. The molecule has 38 heavy (non-hydrogen) atoms. The summed E-state index contributed by atoms with van der Waals surface area (Å²) in [7, 11) is -1.00. The van der Waals surface area contributed by atoms with Crippen molar-refractivity contribution in [2.24, 2.45) is 7.05 Å². The highest BCUT2D eigenvalue weighted by atomic mass is 79.9. The molecule has 0 radical (unpaired) electrons. The average Bonchev–Trinajstić information content (AvgIpc) is 3.09. The summed E-state index contributed by atoms with van der Waals surface area (Å²) in [6.45, 7) is 3.44. The van der Waals surface area contributed by atoms with Gasteiger partial charge in [0.15, 0.2) is 0 Å². The molecule has 0 saturated heterocycles. The Morgan fingerprint density at radius 1 is 1.05 bits per heavy atom. The molecular formula is C27H26BrFN4O4S. The maximum Gasteiger partial charge on any atom is 0.296 e. The van der Waals surface area contributed by atoms with E-state index in [1.807, 2.05) is 6.07 Å². The number of nitrogens with zero attached hydrogens (tertiary/aromatic N) is 3. The topological polar surface area (TPSA) is 93.4 Å². The molecule has 8 nitrogen and oxygen atoms in total. The lowest BCUT2D eigenvalue weighted by Crippen LogP contribution is -2.27. The first-order chi connectivity index (χ1) is 17.9.